The van der Waals surface area contributed by atoms with Crippen molar-refractivity contribution >= 4 is 21.7 Å². The number of urea groups is 1. The molecule has 0 aliphatic carbocycles. The monoisotopic (exact) mass is 469 g/mol. The van der Waals surface area contributed by atoms with E-state index in [0.29, 0.717) is 42.1 Å². The molecule has 0 bridgehead atoms. The van der Waals surface area contributed by atoms with Gasteiger partial charge in [-0.05, 0) is 35.1 Å². The van der Waals surface area contributed by atoms with Gasteiger partial charge in [-0.1, -0.05) is 27.7 Å². The molecule has 3 rings (SSSR count). The van der Waals surface area contributed by atoms with Gasteiger partial charge in [0.1, 0.15) is 12.0 Å². The molecule has 0 atom stereocenters. The Morgan fingerprint density at radius 2 is 1.72 bits per heavy atom. The van der Waals surface area contributed by atoms with E-state index < -0.39 is 28.0 Å². The lowest BCUT2D eigenvalue weighted by atomic mass is 9.92. The molecule has 1 aliphatic heterocycles. The van der Waals surface area contributed by atoms with Crippen molar-refractivity contribution in [3.8, 4) is 0 Å². The molecule has 11 heteroatoms. The number of carbonyl (C=O) groups is 1. The van der Waals surface area contributed by atoms with Gasteiger partial charge in [-0.15, -0.1) is 0 Å². The molecule has 1 aromatic carbocycles. The van der Waals surface area contributed by atoms with Crippen LogP contribution in [-0.2, 0) is 23.6 Å². The standard InChI is InChI=1S/C21H29F2N5O3S/c1-12(2)17-6-14(22)7-18(13(3)4)20(17)24-21(29)26-32(30,31)19-8-16(27(5)25-19)11-28-9-15(23)10-28/h6-8,12-13,15H,9-11H2,1-5H3,(H2,24,26,29). The first-order valence-electron chi connectivity index (χ1n) is 10.4. The Balaban J connectivity index is 1.79. The van der Waals surface area contributed by atoms with Crippen LogP contribution in [0.4, 0.5) is 19.3 Å². The molecular formula is C21H29F2N5O3S. The molecule has 0 saturated carbocycles. The number of sulfonamides is 1. The third-order valence-electron chi connectivity index (χ3n) is 5.40. The molecule has 1 aromatic heterocycles. The third-order valence-corrected chi connectivity index (χ3v) is 6.61. The number of amides is 2. The highest BCUT2D eigenvalue weighted by molar-refractivity contribution is 7.90. The van der Waals surface area contributed by atoms with Crippen molar-refractivity contribution < 1.29 is 22.0 Å². The average Bonchev–Trinajstić information content (AvgIpc) is 3.02. The zero-order valence-electron chi connectivity index (χ0n) is 18.8. The van der Waals surface area contributed by atoms with Crippen LogP contribution < -0.4 is 10.0 Å². The second kappa shape index (κ2) is 9.14. The number of aromatic nitrogens is 2. The third kappa shape index (κ3) is 5.26. The fourth-order valence-corrected chi connectivity index (χ4v) is 4.56. The maximum Gasteiger partial charge on any atom is 0.333 e. The summed E-state index contributed by atoms with van der Waals surface area (Å²) in [6.07, 6.45) is -0.866. The first-order valence-corrected chi connectivity index (χ1v) is 11.9. The zero-order valence-corrected chi connectivity index (χ0v) is 19.6. The van der Waals surface area contributed by atoms with Crippen LogP contribution in [0.15, 0.2) is 23.2 Å². The number of likely N-dealkylation sites (tertiary alicyclic amines) is 1. The van der Waals surface area contributed by atoms with Crippen LogP contribution in [0.3, 0.4) is 0 Å². The Hall–Kier alpha value is -2.53. The number of aryl methyl sites for hydroxylation is 1. The predicted molar refractivity (Wildman–Crippen MR) is 117 cm³/mol. The summed E-state index contributed by atoms with van der Waals surface area (Å²) in [5, 5.41) is 6.27. The normalized spacial score (nSPS) is 15.3. The number of halogens is 2. The summed E-state index contributed by atoms with van der Waals surface area (Å²) >= 11 is 0. The van der Waals surface area contributed by atoms with Crippen molar-refractivity contribution in [3.63, 3.8) is 0 Å². The van der Waals surface area contributed by atoms with Crippen molar-refractivity contribution in [2.75, 3.05) is 18.4 Å². The SMILES string of the molecule is CC(C)c1cc(F)cc(C(C)C)c1NC(=O)NS(=O)(=O)c1cc(CN2CC(F)C2)n(C)n1. The van der Waals surface area contributed by atoms with Crippen LogP contribution in [0.1, 0.15) is 56.4 Å². The molecule has 1 saturated heterocycles. The summed E-state index contributed by atoms with van der Waals surface area (Å²) in [5.74, 6) is -0.615. The molecule has 32 heavy (non-hydrogen) atoms. The average molecular weight is 470 g/mol. The smallest absolute Gasteiger partial charge is 0.307 e. The molecule has 176 valence electrons. The summed E-state index contributed by atoms with van der Waals surface area (Å²) < 4.78 is 55.9. The Morgan fingerprint density at radius 1 is 1.16 bits per heavy atom. The van der Waals surface area contributed by atoms with E-state index >= 15 is 0 Å². The molecule has 8 nitrogen and oxygen atoms in total. The highest BCUT2D eigenvalue weighted by atomic mass is 32.2. The number of nitrogens with zero attached hydrogens (tertiary/aromatic N) is 3. The summed E-state index contributed by atoms with van der Waals surface area (Å²) in [5.41, 5.74) is 2.12. The van der Waals surface area contributed by atoms with Crippen LogP contribution in [0.5, 0.6) is 0 Å². The maximum absolute atomic E-state index is 14.1. The van der Waals surface area contributed by atoms with Gasteiger partial charge >= 0.3 is 6.03 Å². The number of benzene rings is 1. The van der Waals surface area contributed by atoms with E-state index in [-0.39, 0.29) is 16.9 Å². The van der Waals surface area contributed by atoms with Gasteiger partial charge in [-0.3, -0.25) is 9.58 Å². The summed E-state index contributed by atoms with van der Waals surface area (Å²) in [6, 6.07) is 3.07. The fraction of sp³-hybridized carbons (Fsp3) is 0.524. The summed E-state index contributed by atoms with van der Waals surface area (Å²) in [7, 11) is -2.66. The van der Waals surface area contributed by atoms with Crippen LogP contribution in [-0.4, -0.2) is 48.4 Å². The number of alkyl halides is 1. The van der Waals surface area contributed by atoms with Gasteiger partial charge in [0.15, 0.2) is 5.03 Å². The number of rotatable bonds is 7. The highest BCUT2D eigenvalue weighted by Gasteiger charge is 2.29. The largest absolute Gasteiger partial charge is 0.333 e. The van der Waals surface area contributed by atoms with Crippen LogP contribution in [0.2, 0.25) is 0 Å². The van der Waals surface area contributed by atoms with E-state index in [4.69, 9.17) is 0 Å². The van der Waals surface area contributed by atoms with Crippen molar-refractivity contribution in [2.24, 2.45) is 7.05 Å². The quantitative estimate of drug-likeness (QED) is 0.647. The first kappa shape index (κ1) is 24.1. The Kier molecular flexibility index (Phi) is 6.89. The van der Waals surface area contributed by atoms with Crippen molar-refractivity contribution in [3.05, 3.63) is 40.8 Å². The summed E-state index contributed by atoms with van der Waals surface area (Å²) in [6.45, 7) is 8.38. The second-order valence-electron chi connectivity index (χ2n) is 8.72. The Labute approximate surface area is 187 Å². The minimum atomic E-state index is -4.25. The predicted octanol–water partition coefficient (Wildman–Crippen LogP) is 3.47. The molecule has 0 spiro atoms. The van der Waals surface area contributed by atoms with Crippen molar-refractivity contribution in [2.45, 2.75) is 57.3 Å². The lowest BCUT2D eigenvalue weighted by Gasteiger charge is -2.33. The van der Waals surface area contributed by atoms with Crippen LogP contribution >= 0.6 is 0 Å². The number of hydrogen-bond donors (Lipinski definition) is 2. The Bertz CT molecular complexity index is 1080. The molecule has 2 N–H and O–H groups in total. The van der Waals surface area contributed by atoms with E-state index in [1.165, 1.54) is 22.9 Å². The first-order chi connectivity index (χ1) is 14.9. The van der Waals surface area contributed by atoms with E-state index in [1.54, 1.807) is 7.05 Å². The summed E-state index contributed by atoms with van der Waals surface area (Å²) in [4.78, 5) is 14.4. The lowest BCUT2D eigenvalue weighted by molar-refractivity contribution is 0.0570. The van der Waals surface area contributed by atoms with E-state index in [2.05, 4.69) is 10.4 Å². The molecule has 1 aliphatic rings. The van der Waals surface area contributed by atoms with Gasteiger partial charge in [-0.25, -0.2) is 18.3 Å². The van der Waals surface area contributed by atoms with Crippen LogP contribution in [0.25, 0.3) is 0 Å². The Morgan fingerprint density at radius 3 is 2.22 bits per heavy atom. The second-order valence-corrected chi connectivity index (χ2v) is 10.3. The molecule has 2 aromatic rings. The van der Waals surface area contributed by atoms with Gasteiger partial charge in [0.2, 0.25) is 0 Å². The topological polar surface area (TPSA) is 96.3 Å². The molecule has 0 radical (unpaired) electrons. The fourth-order valence-electron chi connectivity index (χ4n) is 3.64. The molecule has 0 unspecified atom stereocenters. The van der Waals surface area contributed by atoms with E-state index in [0.717, 1.165) is 0 Å². The molecule has 2 heterocycles. The van der Waals surface area contributed by atoms with E-state index in [9.17, 15) is 22.0 Å². The number of carbonyl (C=O) groups excluding carboxylic acids is 1. The van der Waals surface area contributed by atoms with Gasteiger partial charge < -0.3 is 5.32 Å². The molecular weight excluding hydrogens is 440 g/mol. The van der Waals surface area contributed by atoms with Gasteiger partial charge in [0.25, 0.3) is 10.0 Å². The van der Waals surface area contributed by atoms with Gasteiger partial charge in [0, 0.05) is 38.4 Å². The highest BCUT2D eigenvalue weighted by Crippen LogP contribution is 2.33. The van der Waals surface area contributed by atoms with Gasteiger partial charge in [-0.2, -0.15) is 13.5 Å². The van der Waals surface area contributed by atoms with Gasteiger partial charge in [0.05, 0.1) is 5.69 Å². The number of nitrogens with one attached hydrogen (secondary N) is 2. The number of anilines is 1. The van der Waals surface area contributed by atoms with Crippen molar-refractivity contribution in [1.82, 2.24) is 19.4 Å². The minimum Gasteiger partial charge on any atom is -0.307 e. The van der Waals surface area contributed by atoms with E-state index in [1.807, 2.05) is 37.3 Å². The minimum absolute atomic E-state index is 0.0983. The molecule has 2 amide bonds. The molecule has 1 fully saturated rings. The maximum atomic E-state index is 14.1. The lowest BCUT2D eigenvalue weighted by Crippen LogP contribution is -2.47. The van der Waals surface area contributed by atoms with Crippen LogP contribution in [0, 0.1) is 5.82 Å². The number of hydrogen-bond acceptors (Lipinski definition) is 5. The zero-order chi connectivity index (χ0) is 23.8. The van der Waals surface area contributed by atoms with Crippen molar-refractivity contribution in [1.29, 1.82) is 0 Å².